The van der Waals surface area contributed by atoms with Crippen LogP contribution in [0.15, 0.2) is 0 Å². The number of carbonyl (C=O) groups excluding carboxylic acids is 1. The fourth-order valence-electron chi connectivity index (χ4n) is 1.67. The first kappa shape index (κ1) is 12.8. The van der Waals surface area contributed by atoms with Gasteiger partial charge in [-0.3, -0.25) is 9.69 Å². The molecular formula is C10H19N3O3. The second kappa shape index (κ2) is 6.32. The van der Waals surface area contributed by atoms with Crippen molar-refractivity contribution in [2.75, 3.05) is 39.3 Å². The summed E-state index contributed by atoms with van der Waals surface area (Å²) in [6, 6.07) is 0. The van der Waals surface area contributed by atoms with Crippen molar-refractivity contribution in [2.24, 2.45) is 0 Å². The number of hydrogen-bond donors (Lipinski definition) is 2. The Morgan fingerprint density at radius 3 is 2.75 bits per heavy atom. The molecule has 0 saturated carbocycles. The van der Waals surface area contributed by atoms with Crippen molar-refractivity contribution in [2.45, 2.75) is 13.3 Å². The molecule has 0 aromatic rings. The zero-order chi connectivity index (χ0) is 12.0. The number of nitrogens with one attached hydrogen (secondary N) is 1. The minimum absolute atomic E-state index is 0.0359. The van der Waals surface area contributed by atoms with Gasteiger partial charge in [0.15, 0.2) is 0 Å². The quantitative estimate of drug-likeness (QED) is 0.703. The Bertz CT molecular complexity index is 250. The van der Waals surface area contributed by atoms with Crippen LogP contribution in [0.3, 0.4) is 0 Å². The predicted molar refractivity (Wildman–Crippen MR) is 59.3 cm³/mol. The highest BCUT2D eigenvalue weighted by atomic mass is 16.4. The van der Waals surface area contributed by atoms with E-state index >= 15 is 0 Å². The van der Waals surface area contributed by atoms with Gasteiger partial charge in [-0.15, -0.1) is 0 Å². The zero-order valence-corrected chi connectivity index (χ0v) is 9.61. The molecule has 2 amide bonds. The van der Waals surface area contributed by atoms with Gasteiger partial charge in [-0.2, -0.15) is 0 Å². The van der Waals surface area contributed by atoms with Crippen molar-refractivity contribution in [3.8, 4) is 0 Å². The summed E-state index contributed by atoms with van der Waals surface area (Å²) in [4.78, 5) is 25.4. The fourth-order valence-corrected chi connectivity index (χ4v) is 1.67. The molecule has 0 unspecified atom stereocenters. The lowest BCUT2D eigenvalue weighted by Gasteiger charge is -2.23. The van der Waals surface area contributed by atoms with E-state index in [9.17, 15) is 9.59 Å². The van der Waals surface area contributed by atoms with E-state index in [1.807, 2.05) is 0 Å². The van der Waals surface area contributed by atoms with E-state index in [4.69, 9.17) is 5.11 Å². The molecule has 0 aliphatic carbocycles. The molecule has 0 radical (unpaired) electrons. The molecule has 1 rings (SSSR count). The molecule has 0 spiro atoms. The molecule has 0 aromatic carbocycles. The van der Waals surface area contributed by atoms with Crippen LogP contribution in [-0.2, 0) is 4.79 Å². The first-order valence-corrected chi connectivity index (χ1v) is 5.61. The minimum Gasteiger partial charge on any atom is -0.465 e. The SMILES string of the molecule is CCN(CC(=O)N1CCCNCC1)C(=O)O. The Labute approximate surface area is 95.2 Å². The summed E-state index contributed by atoms with van der Waals surface area (Å²) in [7, 11) is 0. The third-order valence-electron chi connectivity index (χ3n) is 2.67. The molecule has 92 valence electrons. The normalized spacial score (nSPS) is 16.7. The standard InChI is InChI=1S/C10H19N3O3/c1-2-12(10(15)16)8-9(14)13-6-3-4-11-5-7-13/h11H,2-8H2,1H3,(H,15,16). The Morgan fingerprint density at radius 1 is 1.38 bits per heavy atom. The summed E-state index contributed by atoms with van der Waals surface area (Å²) < 4.78 is 0. The summed E-state index contributed by atoms with van der Waals surface area (Å²) in [5.41, 5.74) is 0. The molecule has 1 aliphatic rings. The summed E-state index contributed by atoms with van der Waals surface area (Å²) in [5.74, 6) is -0.104. The maximum atomic E-state index is 11.8. The van der Waals surface area contributed by atoms with Gasteiger partial charge in [0.1, 0.15) is 6.54 Å². The van der Waals surface area contributed by atoms with Gasteiger partial charge in [-0.25, -0.2) is 4.79 Å². The lowest BCUT2D eigenvalue weighted by Crippen LogP contribution is -2.43. The molecule has 1 aliphatic heterocycles. The molecule has 1 fully saturated rings. The summed E-state index contributed by atoms with van der Waals surface area (Å²) in [6.07, 6.45) is -0.117. The third-order valence-corrected chi connectivity index (χ3v) is 2.67. The fraction of sp³-hybridized carbons (Fsp3) is 0.800. The third kappa shape index (κ3) is 3.69. The van der Waals surface area contributed by atoms with E-state index in [1.165, 1.54) is 0 Å². The van der Waals surface area contributed by atoms with Crippen LogP contribution in [0.25, 0.3) is 0 Å². The Morgan fingerprint density at radius 2 is 2.12 bits per heavy atom. The smallest absolute Gasteiger partial charge is 0.407 e. The van der Waals surface area contributed by atoms with E-state index < -0.39 is 6.09 Å². The first-order chi connectivity index (χ1) is 7.65. The van der Waals surface area contributed by atoms with Crippen LogP contribution in [-0.4, -0.2) is 66.2 Å². The largest absolute Gasteiger partial charge is 0.465 e. The van der Waals surface area contributed by atoms with Crippen molar-refractivity contribution in [3.63, 3.8) is 0 Å². The summed E-state index contributed by atoms with van der Waals surface area (Å²) >= 11 is 0. The van der Waals surface area contributed by atoms with Gasteiger partial charge < -0.3 is 15.3 Å². The lowest BCUT2D eigenvalue weighted by atomic mass is 10.3. The van der Waals surface area contributed by atoms with Crippen molar-refractivity contribution in [3.05, 3.63) is 0 Å². The molecule has 1 heterocycles. The molecule has 6 heteroatoms. The van der Waals surface area contributed by atoms with Crippen molar-refractivity contribution < 1.29 is 14.7 Å². The van der Waals surface area contributed by atoms with Crippen LogP contribution < -0.4 is 5.32 Å². The number of nitrogens with zero attached hydrogens (tertiary/aromatic N) is 2. The van der Waals surface area contributed by atoms with Gasteiger partial charge >= 0.3 is 6.09 Å². The van der Waals surface area contributed by atoms with Crippen molar-refractivity contribution in [1.82, 2.24) is 15.1 Å². The molecule has 6 nitrogen and oxygen atoms in total. The van der Waals surface area contributed by atoms with Gasteiger partial charge in [0.05, 0.1) is 0 Å². The van der Waals surface area contributed by atoms with Crippen molar-refractivity contribution in [1.29, 1.82) is 0 Å². The molecule has 0 aromatic heterocycles. The summed E-state index contributed by atoms with van der Waals surface area (Å²) in [6.45, 7) is 5.11. The Balaban J connectivity index is 2.46. The highest BCUT2D eigenvalue weighted by molar-refractivity contribution is 5.81. The van der Waals surface area contributed by atoms with Gasteiger partial charge in [-0.05, 0) is 19.9 Å². The molecular weight excluding hydrogens is 210 g/mol. The minimum atomic E-state index is -1.04. The maximum Gasteiger partial charge on any atom is 0.407 e. The molecule has 16 heavy (non-hydrogen) atoms. The van der Waals surface area contributed by atoms with Crippen LogP contribution in [0.4, 0.5) is 4.79 Å². The lowest BCUT2D eigenvalue weighted by molar-refractivity contribution is -0.131. The molecule has 2 N–H and O–H groups in total. The average Bonchev–Trinajstić information content (AvgIpc) is 2.53. The number of likely N-dealkylation sites (N-methyl/N-ethyl adjacent to an activating group) is 1. The van der Waals surface area contributed by atoms with Gasteiger partial charge in [0.25, 0.3) is 0 Å². The van der Waals surface area contributed by atoms with E-state index in [-0.39, 0.29) is 12.5 Å². The van der Waals surface area contributed by atoms with Crippen LogP contribution in [0.1, 0.15) is 13.3 Å². The van der Waals surface area contributed by atoms with E-state index in [2.05, 4.69) is 5.32 Å². The highest BCUT2D eigenvalue weighted by Crippen LogP contribution is 1.99. The number of carbonyl (C=O) groups is 2. The van der Waals surface area contributed by atoms with E-state index in [1.54, 1.807) is 11.8 Å². The zero-order valence-electron chi connectivity index (χ0n) is 9.61. The predicted octanol–water partition coefficient (Wildman–Crippen LogP) is -0.192. The highest BCUT2D eigenvalue weighted by Gasteiger charge is 2.19. The molecule has 0 bridgehead atoms. The monoisotopic (exact) mass is 229 g/mol. The summed E-state index contributed by atoms with van der Waals surface area (Å²) in [5, 5.41) is 12.0. The van der Waals surface area contributed by atoms with Gasteiger partial charge in [0.2, 0.25) is 5.91 Å². The molecule has 1 saturated heterocycles. The van der Waals surface area contributed by atoms with Crippen LogP contribution >= 0.6 is 0 Å². The van der Waals surface area contributed by atoms with E-state index in [0.717, 1.165) is 24.4 Å². The van der Waals surface area contributed by atoms with E-state index in [0.29, 0.717) is 19.6 Å². The average molecular weight is 229 g/mol. The Hall–Kier alpha value is -1.30. The topological polar surface area (TPSA) is 72.9 Å². The second-order valence-corrected chi connectivity index (χ2v) is 3.78. The maximum absolute atomic E-state index is 11.8. The van der Waals surface area contributed by atoms with Crippen LogP contribution in [0, 0.1) is 0 Å². The number of hydrogen-bond acceptors (Lipinski definition) is 3. The van der Waals surface area contributed by atoms with Gasteiger partial charge in [-0.1, -0.05) is 0 Å². The first-order valence-electron chi connectivity index (χ1n) is 5.61. The van der Waals surface area contributed by atoms with Crippen LogP contribution in [0.5, 0.6) is 0 Å². The number of rotatable bonds is 3. The second-order valence-electron chi connectivity index (χ2n) is 3.78. The Kier molecular flexibility index (Phi) is 5.04. The molecule has 0 atom stereocenters. The van der Waals surface area contributed by atoms with Crippen molar-refractivity contribution >= 4 is 12.0 Å². The number of carboxylic acid groups (broad SMARTS) is 1. The van der Waals surface area contributed by atoms with Gasteiger partial charge in [0, 0.05) is 26.2 Å². The van der Waals surface area contributed by atoms with Crippen LogP contribution in [0.2, 0.25) is 0 Å². The number of amides is 2.